The Morgan fingerprint density at radius 1 is 1.18 bits per heavy atom. The maximum atomic E-state index is 12.8. The number of aliphatic carboxylic acids is 1. The summed E-state index contributed by atoms with van der Waals surface area (Å²) in [4.78, 5) is 26.2. The molecule has 5 atom stereocenters. The van der Waals surface area contributed by atoms with Gasteiger partial charge in [0.1, 0.15) is 5.75 Å². The number of rotatable bonds is 3. The summed E-state index contributed by atoms with van der Waals surface area (Å²) in [6.45, 7) is 0. The highest BCUT2D eigenvalue weighted by molar-refractivity contribution is 5.99. The van der Waals surface area contributed by atoms with E-state index in [2.05, 4.69) is 0 Å². The smallest absolute Gasteiger partial charge is 0.310 e. The van der Waals surface area contributed by atoms with Crippen molar-refractivity contribution in [3.05, 3.63) is 29.8 Å². The van der Waals surface area contributed by atoms with Crippen LogP contribution in [0.3, 0.4) is 0 Å². The Kier molecular flexibility index (Phi) is 3.66. The van der Waals surface area contributed by atoms with Crippen LogP contribution in [0.5, 0.6) is 5.75 Å². The molecule has 2 aliphatic heterocycles. The third-order valence-electron chi connectivity index (χ3n) is 5.09. The molecule has 3 rings (SSSR count). The highest BCUT2D eigenvalue weighted by Gasteiger charge is 2.55. The number of fused-ring (bicyclic) bond motifs is 2. The first-order valence-electron chi connectivity index (χ1n) is 7.38. The molecule has 118 valence electrons. The van der Waals surface area contributed by atoms with E-state index in [4.69, 9.17) is 0 Å². The number of carbonyl (C=O) groups is 2. The van der Waals surface area contributed by atoms with Gasteiger partial charge in [0, 0.05) is 17.6 Å². The van der Waals surface area contributed by atoms with Gasteiger partial charge in [0.15, 0.2) is 5.78 Å². The second kappa shape index (κ2) is 5.37. The number of hydrogen-bond donors (Lipinski definition) is 3. The second-order valence-corrected chi connectivity index (χ2v) is 6.17. The molecule has 0 aromatic heterocycles. The molecule has 2 fully saturated rings. The van der Waals surface area contributed by atoms with Crippen LogP contribution in [0.1, 0.15) is 23.2 Å². The van der Waals surface area contributed by atoms with Crippen molar-refractivity contribution < 1.29 is 24.9 Å². The SMILES string of the molecule is CN1[C@@H]2CC[C@H]1C(C(=O)c1cccc(O)c1)[C@H](O)[C@@H]2C(=O)O. The van der Waals surface area contributed by atoms with Crippen LogP contribution >= 0.6 is 0 Å². The summed E-state index contributed by atoms with van der Waals surface area (Å²) >= 11 is 0. The predicted molar refractivity (Wildman–Crippen MR) is 77.6 cm³/mol. The first-order chi connectivity index (χ1) is 10.4. The Balaban J connectivity index is 1.97. The van der Waals surface area contributed by atoms with Gasteiger partial charge in [-0.1, -0.05) is 12.1 Å². The molecule has 2 aliphatic rings. The summed E-state index contributed by atoms with van der Waals surface area (Å²) < 4.78 is 0. The zero-order valence-corrected chi connectivity index (χ0v) is 12.2. The minimum absolute atomic E-state index is 0.0245. The maximum Gasteiger partial charge on any atom is 0.310 e. The van der Waals surface area contributed by atoms with Crippen molar-refractivity contribution in [2.75, 3.05) is 7.05 Å². The zero-order valence-electron chi connectivity index (χ0n) is 12.2. The normalized spacial score (nSPS) is 34.5. The number of aromatic hydroxyl groups is 1. The average molecular weight is 305 g/mol. The number of benzene rings is 1. The van der Waals surface area contributed by atoms with E-state index in [9.17, 15) is 24.9 Å². The number of phenolic OH excluding ortho intramolecular Hbond substituents is 1. The molecule has 0 saturated carbocycles. The van der Waals surface area contributed by atoms with Crippen LogP contribution in [0.25, 0.3) is 0 Å². The number of aliphatic hydroxyl groups is 1. The topological polar surface area (TPSA) is 98.1 Å². The van der Waals surface area contributed by atoms with E-state index >= 15 is 0 Å². The third kappa shape index (κ3) is 2.19. The number of Topliss-reactive ketones (excluding diaryl/α,β-unsaturated/α-hetero) is 1. The van der Waals surface area contributed by atoms with Gasteiger partial charge in [-0.3, -0.25) is 14.5 Å². The van der Waals surface area contributed by atoms with E-state index in [1.54, 1.807) is 12.1 Å². The number of phenols is 1. The van der Waals surface area contributed by atoms with Gasteiger partial charge < -0.3 is 15.3 Å². The average Bonchev–Trinajstić information content (AvgIpc) is 2.73. The number of aliphatic hydroxyl groups excluding tert-OH is 1. The highest BCUT2D eigenvalue weighted by atomic mass is 16.4. The van der Waals surface area contributed by atoms with Crippen molar-refractivity contribution in [2.24, 2.45) is 11.8 Å². The van der Waals surface area contributed by atoms with Crippen LogP contribution in [0, 0.1) is 11.8 Å². The largest absolute Gasteiger partial charge is 0.508 e. The Hall–Kier alpha value is -1.92. The molecule has 1 aromatic rings. The molecule has 0 amide bonds. The van der Waals surface area contributed by atoms with Crippen molar-refractivity contribution >= 4 is 11.8 Å². The number of carboxylic acid groups (broad SMARTS) is 1. The molecule has 6 nitrogen and oxygen atoms in total. The van der Waals surface area contributed by atoms with E-state index in [-0.39, 0.29) is 23.6 Å². The molecule has 2 saturated heterocycles. The van der Waals surface area contributed by atoms with E-state index in [1.165, 1.54) is 12.1 Å². The summed E-state index contributed by atoms with van der Waals surface area (Å²) in [6, 6.07) is 5.56. The number of carboxylic acids is 1. The van der Waals surface area contributed by atoms with Crippen molar-refractivity contribution in [3.8, 4) is 5.75 Å². The van der Waals surface area contributed by atoms with Crippen LogP contribution in [0.15, 0.2) is 24.3 Å². The molecule has 0 aliphatic carbocycles. The summed E-state index contributed by atoms with van der Waals surface area (Å²) in [5.74, 6) is -3.16. The standard InChI is InChI=1S/C16H19NO5/c1-17-10-5-6-11(17)13(16(21)22)15(20)12(10)14(19)8-3-2-4-9(18)7-8/h2-4,7,10-13,15,18,20H,5-6H2,1H3,(H,21,22)/t10-,11+,12?,13+,15-/m0/s1. The van der Waals surface area contributed by atoms with Crippen molar-refractivity contribution in [1.82, 2.24) is 4.90 Å². The minimum atomic E-state index is -1.21. The van der Waals surface area contributed by atoms with Crippen molar-refractivity contribution in [1.29, 1.82) is 0 Å². The van der Waals surface area contributed by atoms with Gasteiger partial charge in [-0.2, -0.15) is 0 Å². The zero-order chi connectivity index (χ0) is 16.0. The van der Waals surface area contributed by atoms with Gasteiger partial charge in [0.25, 0.3) is 0 Å². The van der Waals surface area contributed by atoms with Gasteiger partial charge >= 0.3 is 5.97 Å². The van der Waals surface area contributed by atoms with Gasteiger partial charge in [-0.15, -0.1) is 0 Å². The number of piperidine rings is 1. The second-order valence-electron chi connectivity index (χ2n) is 6.17. The Bertz CT molecular complexity index is 616. The van der Waals surface area contributed by atoms with Crippen LogP contribution in [-0.4, -0.2) is 57.2 Å². The number of carbonyl (C=O) groups excluding carboxylic acids is 1. The van der Waals surface area contributed by atoms with Crippen molar-refractivity contribution in [2.45, 2.75) is 31.0 Å². The molecule has 1 aromatic carbocycles. The molecule has 1 unspecified atom stereocenters. The summed E-state index contributed by atoms with van der Waals surface area (Å²) in [5.41, 5.74) is 0.298. The van der Waals surface area contributed by atoms with E-state index < -0.39 is 23.9 Å². The fourth-order valence-corrected chi connectivity index (χ4v) is 4.03. The maximum absolute atomic E-state index is 12.8. The fraction of sp³-hybridized carbons (Fsp3) is 0.500. The van der Waals surface area contributed by atoms with Crippen LogP contribution in [0.2, 0.25) is 0 Å². The lowest BCUT2D eigenvalue weighted by molar-refractivity contribution is -0.154. The lowest BCUT2D eigenvalue weighted by Crippen LogP contribution is -2.59. The first-order valence-corrected chi connectivity index (χ1v) is 7.38. The number of nitrogens with zero attached hydrogens (tertiary/aromatic N) is 1. The number of ketones is 1. The minimum Gasteiger partial charge on any atom is -0.508 e. The monoisotopic (exact) mass is 305 g/mol. The molecule has 0 radical (unpaired) electrons. The first kappa shape index (κ1) is 15.0. The Morgan fingerprint density at radius 3 is 2.41 bits per heavy atom. The quantitative estimate of drug-likeness (QED) is 0.712. The molecule has 2 bridgehead atoms. The predicted octanol–water partition coefficient (Wildman–Crippen LogP) is 0.729. The fourth-order valence-electron chi connectivity index (χ4n) is 4.03. The van der Waals surface area contributed by atoms with Crippen LogP contribution in [-0.2, 0) is 4.79 Å². The van der Waals surface area contributed by atoms with Gasteiger partial charge in [-0.05, 0) is 32.0 Å². The van der Waals surface area contributed by atoms with Crippen molar-refractivity contribution in [3.63, 3.8) is 0 Å². The molecule has 6 heteroatoms. The molecular formula is C16H19NO5. The van der Waals surface area contributed by atoms with Gasteiger partial charge in [0.05, 0.1) is 17.9 Å². The van der Waals surface area contributed by atoms with E-state index in [0.29, 0.717) is 18.4 Å². The van der Waals surface area contributed by atoms with Crippen LogP contribution < -0.4 is 0 Å². The summed E-state index contributed by atoms with van der Waals surface area (Å²) in [5, 5.41) is 29.5. The molecule has 3 N–H and O–H groups in total. The lowest BCUT2D eigenvalue weighted by Gasteiger charge is -2.43. The van der Waals surface area contributed by atoms with E-state index in [1.807, 2.05) is 11.9 Å². The highest BCUT2D eigenvalue weighted by Crippen LogP contribution is 2.43. The molecule has 2 heterocycles. The van der Waals surface area contributed by atoms with Crippen LogP contribution in [0.4, 0.5) is 0 Å². The third-order valence-corrected chi connectivity index (χ3v) is 5.09. The lowest BCUT2D eigenvalue weighted by atomic mass is 9.76. The Morgan fingerprint density at radius 2 is 1.82 bits per heavy atom. The summed E-state index contributed by atoms with van der Waals surface area (Å²) in [6.07, 6.45) is 0.150. The van der Waals surface area contributed by atoms with Gasteiger partial charge in [0.2, 0.25) is 0 Å². The molecular weight excluding hydrogens is 286 g/mol. The Labute approximate surface area is 128 Å². The molecule has 0 spiro atoms. The number of hydrogen-bond acceptors (Lipinski definition) is 5. The van der Waals surface area contributed by atoms with E-state index in [0.717, 1.165) is 0 Å². The van der Waals surface area contributed by atoms with Gasteiger partial charge in [-0.25, -0.2) is 0 Å². The summed E-state index contributed by atoms with van der Waals surface area (Å²) in [7, 11) is 1.81. The molecule has 22 heavy (non-hydrogen) atoms.